The summed E-state index contributed by atoms with van der Waals surface area (Å²) in [5, 5.41) is 11.5. The van der Waals surface area contributed by atoms with Gasteiger partial charge in [0.25, 0.3) is 0 Å². The van der Waals surface area contributed by atoms with Crippen molar-refractivity contribution in [2.24, 2.45) is 5.41 Å². The monoisotopic (exact) mass is 318 g/mol. The quantitative estimate of drug-likeness (QED) is 0.646. The van der Waals surface area contributed by atoms with Gasteiger partial charge in [-0.05, 0) is 32.0 Å². The zero-order valence-corrected chi connectivity index (χ0v) is 12.3. The Labute approximate surface area is 120 Å². The summed E-state index contributed by atoms with van der Waals surface area (Å²) in [6.07, 6.45) is 0.690. The van der Waals surface area contributed by atoms with Crippen LogP contribution in [0.4, 0.5) is 0 Å². The van der Waals surface area contributed by atoms with Crippen molar-refractivity contribution >= 4 is 33.2 Å². The van der Waals surface area contributed by atoms with Crippen LogP contribution in [0.15, 0.2) is 16.3 Å². The second-order valence-electron chi connectivity index (χ2n) is 4.50. The Morgan fingerprint density at radius 3 is 2.55 bits per heavy atom. The molecule has 2 rings (SSSR count). The highest BCUT2D eigenvalue weighted by Crippen LogP contribution is 2.46. The summed E-state index contributed by atoms with van der Waals surface area (Å²) in [6, 6.07) is 3.04. The number of carbonyl (C=O) groups is 2. The lowest BCUT2D eigenvalue weighted by Gasteiger charge is -2.09. The number of hydrogen-bond donors (Lipinski definition) is 3. The van der Waals surface area contributed by atoms with Crippen molar-refractivity contribution < 1.29 is 23.1 Å². The van der Waals surface area contributed by atoms with Crippen LogP contribution in [0.25, 0.3) is 0 Å². The van der Waals surface area contributed by atoms with Gasteiger partial charge >= 0.3 is 5.97 Å². The summed E-state index contributed by atoms with van der Waals surface area (Å²) in [7, 11) is -2.16. The Hall–Kier alpha value is -1.45. The Morgan fingerprint density at radius 2 is 2.05 bits per heavy atom. The van der Waals surface area contributed by atoms with E-state index in [2.05, 4.69) is 10.0 Å². The number of thiophene rings is 1. The summed E-state index contributed by atoms with van der Waals surface area (Å²) in [4.78, 5) is 23.4. The van der Waals surface area contributed by atoms with Gasteiger partial charge in [-0.2, -0.15) is 0 Å². The molecule has 0 atom stereocenters. The maximum absolute atomic E-state index is 11.8. The van der Waals surface area contributed by atoms with Gasteiger partial charge in [0.05, 0.1) is 6.54 Å². The minimum Gasteiger partial charge on any atom is -0.480 e. The molecule has 1 saturated carbocycles. The predicted molar refractivity (Wildman–Crippen MR) is 71.7 cm³/mol. The molecule has 1 aliphatic rings. The molecule has 0 aromatic carbocycles. The largest absolute Gasteiger partial charge is 0.480 e. The molecular formula is C11H14N2O5S2. The summed E-state index contributed by atoms with van der Waals surface area (Å²) in [5.74, 6) is -1.63. The average Bonchev–Trinajstić information content (AvgIpc) is 3.08. The first kappa shape index (κ1) is 14.9. The molecule has 0 unspecified atom stereocenters. The fourth-order valence-electron chi connectivity index (χ4n) is 1.70. The zero-order valence-electron chi connectivity index (χ0n) is 10.7. The SMILES string of the molecule is CNS(=O)(=O)c1ccc(CNC(=O)C2(C(=O)O)CC2)s1. The first-order valence-corrected chi connectivity index (χ1v) is 8.16. The molecule has 0 bridgehead atoms. The highest BCUT2D eigenvalue weighted by molar-refractivity contribution is 7.91. The van der Waals surface area contributed by atoms with Crippen molar-refractivity contribution in [3.8, 4) is 0 Å². The highest BCUT2D eigenvalue weighted by Gasteiger charge is 2.56. The number of rotatable bonds is 6. The summed E-state index contributed by atoms with van der Waals surface area (Å²) < 4.78 is 25.4. The number of amides is 1. The van der Waals surface area contributed by atoms with Gasteiger partial charge in [0.1, 0.15) is 9.62 Å². The van der Waals surface area contributed by atoms with Crippen LogP contribution in [0.2, 0.25) is 0 Å². The van der Waals surface area contributed by atoms with E-state index in [9.17, 15) is 18.0 Å². The minimum absolute atomic E-state index is 0.123. The Bertz CT molecular complexity index is 646. The van der Waals surface area contributed by atoms with E-state index in [1.54, 1.807) is 6.07 Å². The molecule has 0 aliphatic heterocycles. The minimum atomic E-state index is -3.48. The molecule has 0 radical (unpaired) electrons. The molecule has 7 nitrogen and oxygen atoms in total. The number of sulfonamides is 1. The number of aliphatic carboxylic acids is 1. The van der Waals surface area contributed by atoms with Gasteiger partial charge in [0, 0.05) is 4.88 Å². The molecule has 1 aliphatic carbocycles. The summed E-state index contributed by atoms with van der Waals surface area (Å²) in [6.45, 7) is 0.123. The maximum Gasteiger partial charge on any atom is 0.319 e. The topological polar surface area (TPSA) is 113 Å². The van der Waals surface area contributed by atoms with Crippen LogP contribution < -0.4 is 10.0 Å². The molecule has 20 heavy (non-hydrogen) atoms. The molecule has 1 amide bonds. The molecular weight excluding hydrogens is 304 g/mol. The molecule has 3 N–H and O–H groups in total. The van der Waals surface area contributed by atoms with Gasteiger partial charge in [-0.25, -0.2) is 13.1 Å². The fraction of sp³-hybridized carbons (Fsp3) is 0.455. The number of hydrogen-bond acceptors (Lipinski definition) is 5. The molecule has 9 heteroatoms. The Morgan fingerprint density at radius 1 is 1.40 bits per heavy atom. The van der Waals surface area contributed by atoms with Gasteiger partial charge in [-0.3, -0.25) is 9.59 Å². The molecule has 1 fully saturated rings. The molecule has 110 valence electrons. The lowest BCUT2D eigenvalue weighted by atomic mass is 10.1. The smallest absolute Gasteiger partial charge is 0.319 e. The third-order valence-corrected chi connectivity index (χ3v) is 6.18. The summed E-state index contributed by atoms with van der Waals surface area (Å²) >= 11 is 1.03. The van der Waals surface area contributed by atoms with Crippen LogP contribution in [-0.4, -0.2) is 32.4 Å². The van der Waals surface area contributed by atoms with E-state index in [0.717, 1.165) is 11.3 Å². The van der Waals surface area contributed by atoms with Crippen LogP contribution in [0.1, 0.15) is 17.7 Å². The number of carbonyl (C=O) groups excluding carboxylic acids is 1. The van der Waals surface area contributed by atoms with Gasteiger partial charge < -0.3 is 10.4 Å². The molecule has 1 heterocycles. The van der Waals surface area contributed by atoms with Crippen molar-refractivity contribution in [1.82, 2.24) is 10.0 Å². The van der Waals surface area contributed by atoms with E-state index in [-0.39, 0.29) is 10.8 Å². The van der Waals surface area contributed by atoms with Crippen molar-refractivity contribution in [2.45, 2.75) is 23.6 Å². The zero-order chi connectivity index (χ0) is 15.0. The third-order valence-electron chi connectivity index (χ3n) is 3.19. The lowest BCUT2D eigenvalue weighted by molar-refractivity contribution is -0.149. The van der Waals surface area contributed by atoms with Crippen LogP contribution in [0, 0.1) is 5.41 Å². The average molecular weight is 318 g/mol. The van der Waals surface area contributed by atoms with Gasteiger partial charge in [0.15, 0.2) is 0 Å². The van der Waals surface area contributed by atoms with E-state index in [4.69, 9.17) is 5.11 Å². The lowest BCUT2D eigenvalue weighted by Crippen LogP contribution is -2.36. The van der Waals surface area contributed by atoms with Crippen molar-refractivity contribution in [3.05, 3.63) is 17.0 Å². The van der Waals surface area contributed by atoms with Crippen molar-refractivity contribution in [1.29, 1.82) is 0 Å². The van der Waals surface area contributed by atoms with Gasteiger partial charge in [-0.15, -0.1) is 11.3 Å². The predicted octanol–water partition coefficient (Wildman–Crippen LogP) is 0.137. The van der Waals surface area contributed by atoms with Crippen LogP contribution in [-0.2, 0) is 26.2 Å². The van der Waals surface area contributed by atoms with E-state index in [1.165, 1.54) is 13.1 Å². The van der Waals surface area contributed by atoms with Gasteiger partial charge in [0.2, 0.25) is 15.9 Å². The van der Waals surface area contributed by atoms with Gasteiger partial charge in [-0.1, -0.05) is 0 Å². The molecule has 0 saturated heterocycles. The number of nitrogens with one attached hydrogen (secondary N) is 2. The maximum atomic E-state index is 11.8. The molecule has 1 aromatic heterocycles. The second kappa shape index (κ2) is 5.15. The molecule has 1 aromatic rings. The van der Waals surface area contributed by atoms with E-state index >= 15 is 0 Å². The van der Waals surface area contributed by atoms with Crippen LogP contribution in [0.3, 0.4) is 0 Å². The third kappa shape index (κ3) is 2.69. The molecule has 0 spiro atoms. The Kier molecular flexibility index (Phi) is 3.85. The number of carboxylic acid groups (broad SMARTS) is 1. The van der Waals surface area contributed by atoms with E-state index in [0.29, 0.717) is 17.7 Å². The first-order valence-electron chi connectivity index (χ1n) is 5.86. The highest BCUT2D eigenvalue weighted by atomic mass is 32.2. The van der Waals surface area contributed by atoms with Crippen LogP contribution in [0.5, 0.6) is 0 Å². The normalized spacial score (nSPS) is 16.6. The van der Waals surface area contributed by atoms with E-state index in [1.807, 2.05) is 0 Å². The summed E-state index contributed by atoms with van der Waals surface area (Å²) in [5.41, 5.74) is -1.28. The van der Waals surface area contributed by atoms with Crippen molar-refractivity contribution in [3.63, 3.8) is 0 Å². The van der Waals surface area contributed by atoms with E-state index < -0.39 is 27.3 Å². The van der Waals surface area contributed by atoms with Crippen LogP contribution >= 0.6 is 11.3 Å². The van der Waals surface area contributed by atoms with Crippen molar-refractivity contribution in [2.75, 3.05) is 7.05 Å². The standard InChI is InChI=1S/C11H14N2O5S2/c1-12-20(17,18)8-3-2-7(19-8)6-13-9(14)11(4-5-11)10(15)16/h2-3,12H,4-6H2,1H3,(H,13,14)(H,15,16). The first-order chi connectivity index (χ1) is 9.32. The fourth-order valence-corrected chi connectivity index (χ4v) is 3.83. The second-order valence-corrected chi connectivity index (χ2v) is 7.78. The Balaban J connectivity index is 1.99. The number of carboxylic acids is 1.